The molecule has 3 aromatic rings. The van der Waals surface area contributed by atoms with Crippen LogP contribution in [0.25, 0.3) is 11.5 Å². The van der Waals surface area contributed by atoms with E-state index in [2.05, 4.69) is 15.5 Å². The lowest BCUT2D eigenvalue weighted by Gasteiger charge is -2.02. The third kappa shape index (κ3) is 2.92. The number of carbonyl (C=O) groups is 1. The van der Waals surface area contributed by atoms with Gasteiger partial charge in [-0.2, -0.15) is 11.3 Å². The molecular formula is C16H15N3O3S. The molecule has 6 nitrogen and oxygen atoms in total. The second-order valence-corrected chi connectivity index (χ2v) is 6.43. The first-order valence-corrected chi connectivity index (χ1v) is 8.38. The lowest BCUT2D eigenvalue weighted by Crippen LogP contribution is -2.16. The van der Waals surface area contributed by atoms with Gasteiger partial charge in [-0.1, -0.05) is 5.16 Å². The number of hydrogen-bond donors (Lipinski definition) is 1. The predicted octanol–water partition coefficient (Wildman–Crippen LogP) is 3.76. The molecule has 7 heteroatoms. The number of nitrogens with one attached hydrogen (secondary N) is 1. The maximum Gasteiger partial charge on any atom is 0.231 e. The van der Waals surface area contributed by atoms with Gasteiger partial charge in [-0.3, -0.25) is 4.79 Å². The van der Waals surface area contributed by atoms with Gasteiger partial charge in [0, 0.05) is 16.5 Å². The Bertz CT molecular complexity index is 831. The molecule has 0 spiro atoms. The summed E-state index contributed by atoms with van der Waals surface area (Å²) < 4.78 is 10.6. The van der Waals surface area contributed by atoms with Crippen molar-refractivity contribution in [3.8, 4) is 11.5 Å². The topological polar surface area (TPSA) is 81.2 Å². The maximum absolute atomic E-state index is 12.3. The van der Waals surface area contributed by atoms with Crippen LogP contribution >= 0.6 is 11.3 Å². The van der Waals surface area contributed by atoms with Gasteiger partial charge in [0.25, 0.3) is 0 Å². The van der Waals surface area contributed by atoms with E-state index in [1.54, 1.807) is 17.6 Å². The smallest absolute Gasteiger partial charge is 0.231 e. The van der Waals surface area contributed by atoms with E-state index in [-0.39, 0.29) is 12.3 Å². The Balaban J connectivity index is 1.47. The second kappa shape index (κ2) is 5.66. The van der Waals surface area contributed by atoms with E-state index in [1.165, 1.54) is 0 Å². The van der Waals surface area contributed by atoms with Gasteiger partial charge < -0.3 is 14.3 Å². The van der Waals surface area contributed by atoms with Crippen LogP contribution in [0, 0.1) is 6.92 Å². The van der Waals surface area contributed by atoms with Crippen LogP contribution in [0.15, 0.2) is 32.0 Å². The fraction of sp³-hybridized carbons (Fsp3) is 0.312. The number of thiophene rings is 1. The van der Waals surface area contributed by atoms with Gasteiger partial charge in [0.05, 0.1) is 12.1 Å². The summed E-state index contributed by atoms with van der Waals surface area (Å²) in [6.45, 7) is 1.82. The number of oxazole rings is 1. The molecule has 1 aliphatic rings. The van der Waals surface area contributed by atoms with Crippen LogP contribution in [0.3, 0.4) is 0 Å². The van der Waals surface area contributed by atoms with E-state index in [9.17, 15) is 4.79 Å². The number of amides is 1. The lowest BCUT2D eigenvalue weighted by molar-refractivity contribution is -0.115. The van der Waals surface area contributed by atoms with Crippen LogP contribution in [0.5, 0.6) is 0 Å². The van der Waals surface area contributed by atoms with Gasteiger partial charge in [0.2, 0.25) is 11.8 Å². The fourth-order valence-corrected chi connectivity index (χ4v) is 3.08. The minimum atomic E-state index is -0.172. The average Bonchev–Trinajstić information content (AvgIpc) is 2.92. The molecule has 0 unspecified atom stereocenters. The summed E-state index contributed by atoms with van der Waals surface area (Å²) in [4.78, 5) is 16.7. The summed E-state index contributed by atoms with van der Waals surface area (Å²) in [6, 6.07) is 1.94. The first-order valence-electron chi connectivity index (χ1n) is 7.43. The summed E-state index contributed by atoms with van der Waals surface area (Å²) in [6.07, 6.45) is 4.01. The molecule has 4 rings (SSSR count). The zero-order chi connectivity index (χ0) is 15.8. The molecule has 0 aliphatic heterocycles. The van der Waals surface area contributed by atoms with Gasteiger partial charge in [-0.25, -0.2) is 4.98 Å². The number of carbonyl (C=O) groups excluding carboxylic acids is 1. The highest BCUT2D eigenvalue weighted by atomic mass is 32.1. The number of aromatic nitrogens is 2. The van der Waals surface area contributed by atoms with Gasteiger partial charge in [-0.15, -0.1) is 0 Å². The molecule has 23 heavy (non-hydrogen) atoms. The van der Waals surface area contributed by atoms with Crippen molar-refractivity contribution in [2.24, 2.45) is 0 Å². The molecule has 1 saturated carbocycles. The van der Waals surface area contributed by atoms with Gasteiger partial charge in [-0.05, 0) is 37.1 Å². The molecule has 0 atom stereocenters. The Kier molecular flexibility index (Phi) is 3.49. The molecule has 3 aromatic heterocycles. The SMILES string of the molecule is Cc1oc(-c2ccsc2)nc1CC(=O)Nc1nocc1C1CC1. The summed E-state index contributed by atoms with van der Waals surface area (Å²) in [5.41, 5.74) is 2.55. The Labute approximate surface area is 136 Å². The third-order valence-corrected chi connectivity index (χ3v) is 4.54. The molecule has 1 aliphatic carbocycles. The molecule has 1 N–H and O–H groups in total. The number of nitrogens with zero attached hydrogens (tertiary/aromatic N) is 2. The molecule has 0 bridgehead atoms. The molecule has 0 saturated heterocycles. The van der Waals surface area contributed by atoms with E-state index >= 15 is 0 Å². The van der Waals surface area contributed by atoms with Crippen molar-refractivity contribution in [3.05, 3.63) is 40.1 Å². The number of hydrogen-bond acceptors (Lipinski definition) is 6. The standard InChI is InChI=1S/C16H15N3O3S/c1-9-13(17-16(22-9)11-4-5-23-8-11)6-14(20)18-15-12(7-21-19-15)10-2-3-10/h4-5,7-8,10H,2-3,6H2,1H3,(H,18,19,20). The molecule has 3 heterocycles. The van der Waals surface area contributed by atoms with Gasteiger partial charge in [0.15, 0.2) is 5.82 Å². The van der Waals surface area contributed by atoms with Crippen LogP contribution in [0.2, 0.25) is 0 Å². The number of aryl methyl sites for hydroxylation is 1. The zero-order valence-electron chi connectivity index (χ0n) is 12.5. The Morgan fingerprint density at radius 1 is 1.48 bits per heavy atom. The van der Waals surface area contributed by atoms with Crippen molar-refractivity contribution < 1.29 is 13.7 Å². The second-order valence-electron chi connectivity index (χ2n) is 5.65. The number of rotatable bonds is 5. The Morgan fingerprint density at radius 3 is 3.09 bits per heavy atom. The summed E-state index contributed by atoms with van der Waals surface area (Å²) >= 11 is 1.58. The van der Waals surface area contributed by atoms with Crippen molar-refractivity contribution in [1.29, 1.82) is 0 Å². The van der Waals surface area contributed by atoms with Crippen molar-refractivity contribution in [2.75, 3.05) is 5.32 Å². The van der Waals surface area contributed by atoms with Crippen LogP contribution in [0.4, 0.5) is 5.82 Å². The third-order valence-electron chi connectivity index (χ3n) is 3.86. The molecular weight excluding hydrogens is 314 g/mol. The van der Waals surface area contributed by atoms with Gasteiger partial charge >= 0.3 is 0 Å². The highest BCUT2D eigenvalue weighted by molar-refractivity contribution is 7.08. The highest BCUT2D eigenvalue weighted by Gasteiger charge is 2.29. The predicted molar refractivity (Wildman–Crippen MR) is 85.4 cm³/mol. The minimum Gasteiger partial charge on any atom is -0.441 e. The van der Waals surface area contributed by atoms with Crippen LogP contribution in [0.1, 0.15) is 35.8 Å². The maximum atomic E-state index is 12.3. The fourth-order valence-electron chi connectivity index (χ4n) is 2.45. The largest absolute Gasteiger partial charge is 0.441 e. The summed E-state index contributed by atoms with van der Waals surface area (Å²) in [5.74, 6) is 2.02. The normalized spacial score (nSPS) is 14.1. The highest BCUT2D eigenvalue weighted by Crippen LogP contribution is 2.43. The van der Waals surface area contributed by atoms with Crippen molar-refractivity contribution >= 4 is 23.1 Å². The number of anilines is 1. The Hall–Kier alpha value is -2.41. The molecule has 0 radical (unpaired) electrons. The van der Waals surface area contributed by atoms with Crippen LogP contribution < -0.4 is 5.32 Å². The first kappa shape index (κ1) is 14.2. The molecule has 0 aromatic carbocycles. The quantitative estimate of drug-likeness (QED) is 0.771. The average molecular weight is 329 g/mol. The van der Waals surface area contributed by atoms with Crippen LogP contribution in [-0.2, 0) is 11.2 Å². The lowest BCUT2D eigenvalue weighted by atomic mass is 10.2. The summed E-state index contributed by atoms with van der Waals surface area (Å²) in [5, 5.41) is 10.6. The monoisotopic (exact) mass is 329 g/mol. The minimum absolute atomic E-state index is 0.149. The zero-order valence-corrected chi connectivity index (χ0v) is 13.4. The van der Waals surface area contributed by atoms with E-state index < -0.39 is 0 Å². The molecule has 118 valence electrons. The van der Waals surface area contributed by atoms with E-state index in [0.717, 1.165) is 24.0 Å². The van der Waals surface area contributed by atoms with E-state index in [0.29, 0.717) is 29.1 Å². The van der Waals surface area contributed by atoms with Crippen molar-refractivity contribution in [2.45, 2.75) is 32.1 Å². The van der Waals surface area contributed by atoms with E-state index in [1.807, 2.05) is 23.8 Å². The molecule has 1 amide bonds. The first-order chi connectivity index (χ1) is 11.2. The Morgan fingerprint density at radius 2 is 2.35 bits per heavy atom. The van der Waals surface area contributed by atoms with Crippen LogP contribution in [-0.4, -0.2) is 16.0 Å². The van der Waals surface area contributed by atoms with Crippen molar-refractivity contribution in [3.63, 3.8) is 0 Å². The van der Waals surface area contributed by atoms with E-state index in [4.69, 9.17) is 8.94 Å². The summed E-state index contributed by atoms with van der Waals surface area (Å²) in [7, 11) is 0. The van der Waals surface area contributed by atoms with Gasteiger partial charge in [0.1, 0.15) is 12.0 Å². The molecule has 1 fully saturated rings. The van der Waals surface area contributed by atoms with Crippen molar-refractivity contribution in [1.82, 2.24) is 10.1 Å².